The molecule has 1 fully saturated rings. The van der Waals surface area contributed by atoms with Gasteiger partial charge in [-0.25, -0.2) is 22.1 Å². The summed E-state index contributed by atoms with van der Waals surface area (Å²) in [5.74, 6) is -2.44. The van der Waals surface area contributed by atoms with Crippen molar-refractivity contribution in [3.05, 3.63) is 82.6 Å². The summed E-state index contributed by atoms with van der Waals surface area (Å²) in [6.45, 7) is -0.127. The maximum absolute atomic E-state index is 13.4. The number of hydrogen-bond acceptors (Lipinski definition) is 5. The summed E-state index contributed by atoms with van der Waals surface area (Å²) in [5, 5.41) is 1.77. The van der Waals surface area contributed by atoms with Gasteiger partial charge in [-0.05, 0) is 60.0 Å². The highest BCUT2D eigenvalue weighted by atomic mass is 32.2. The third-order valence-electron chi connectivity index (χ3n) is 4.87. The van der Waals surface area contributed by atoms with Crippen LogP contribution in [0.5, 0.6) is 0 Å². The Kier molecular flexibility index (Phi) is 5.69. The van der Waals surface area contributed by atoms with Gasteiger partial charge in [-0.1, -0.05) is 6.07 Å². The molecule has 4 rings (SSSR count). The van der Waals surface area contributed by atoms with Gasteiger partial charge in [0.15, 0.2) is 0 Å². The van der Waals surface area contributed by atoms with Crippen LogP contribution in [0.25, 0.3) is 0 Å². The van der Waals surface area contributed by atoms with Crippen LogP contribution in [0, 0.1) is 11.6 Å². The fourth-order valence-corrected chi connectivity index (χ4v) is 5.71. The summed E-state index contributed by atoms with van der Waals surface area (Å²) >= 11 is 1.31. The van der Waals surface area contributed by atoms with E-state index in [9.17, 15) is 26.8 Å². The van der Waals surface area contributed by atoms with Gasteiger partial charge in [0.25, 0.3) is 5.91 Å². The van der Waals surface area contributed by atoms with Gasteiger partial charge < -0.3 is 0 Å². The molecule has 160 valence electrons. The lowest BCUT2D eigenvalue weighted by molar-refractivity contribution is -0.122. The molecule has 6 nitrogen and oxygen atoms in total. The first-order valence-electron chi connectivity index (χ1n) is 9.19. The molecule has 0 spiro atoms. The van der Waals surface area contributed by atoms with Gasteiger partial charge in [0.2, 0.25) is 15.9 Å². The lowest BCUT2D eigenvalue weighted by Gasteiger charge is -2.26. The summed E-state index contributed by atoms with van der Waals surface area (Å²) in [4.78, 5) is 27.1. The van der Waals surface area contributed by atoms with E-state index in [1.54, 1.807) is 17.5 Å². The third-order valence-corrected chi connectivity index (χ3v) is 7.60. The number of anilines is 1. The Morgan fingerprint density at radius 3 is 2.16 bits per heavy atom. The number of nitrogens with zero attached hydrogens (tertiary/aromatic N) is 2. The van der Waals surface area contributed by atoms with E-state index in [0.717, 1.165) is 45.6 Å². The van der Waals surface area contributed by atoms with Crippen LogP contribution >= 0.6 is 11.3 Å². The molecule has 31 heavy (non-hydrogen) atoms. The molecule has 1 saturated heterocycles. The Bertz CT molecular complexity index is 1210. The zero-order chi connectivity index (χ0) is 22.2. The monoisotopic (exact) mass is 462 g/mol. The normalized spacial score (nSPS) is 17.0. The Morgan fingerprint density at radius 1 is 0.968 bits per heavy atom. The Labute approximate surface area is 181 Å². The second-order valence-electron chi connectivity index (χ2n) is 6.85. The minimum Gasteiger partial charge on any atom is -0.274 e. The van der Waals surface area contributed by atoms with Crippen LogP contribution in [0.15, 0.2) is 70.9 Å². The standard InChI is InChI=1S/C21H16F2N2O4S2/c22-14-3-7-16(8-4-14)25-20(26)12-19(21(25)27)24(13-17-2-1-11-30-17)31(28,29)18-9-5-15(23)6-10-18/h1-11,19H,12-13H2. The van der Waals surface area contributed by atoms with Gasteiger partial charge in [0, 0.05) is 11.4 Å². The van der Waals surface area contributed by atoms with Gasteiger partial charge in [-0.3, -0.25) is 9.59 Å². The van der Waals surface area contributed by atoms with E-state index < -0.39 is 39.5 Å². The van der Waals surface area contributed by atoms with Crippen molar-refractivity contribution >= 4 is 38.9 Å². The molecule has 3 aromatic rings. The van der Waals surface area contributed by atoms with E-state index in [4.69, 9.17) is 0 Å². The van der Waals surface area contributed by atoms with E-state index in [0.29, 0.717) is 4.88 Å². The number of thiophene rings is 1. The van der Waals surface area contributed by atoms with Crippen molar-refractivity contribution in [3.8, 4) is 0 Å². The average molecular weight is 462 g/mol. The van der Waals surface area contributed by atoms with Crippen LogP contribution in [-0.2, 0) is 26.2 Å². The Morgan fingerprint density at radius 2 is 1.58 bits per heavy atom. The fraction of sp³-hybridized carbons (Fsp3) is 0.143. The summed E-state index contributed by atoms with van der Waals surface area (Å²) in [6, 6.07) is 11.2. The highest BCUT2D eigenvalue weighted by molar-refractivity contribution is 7.89. The summed E-state index contributed by atoms with van der Waals surface area (Å²) in [5.41, 5.74) is 0.161. The first-order valence-corrected chi connectivity index (χ1v) is 11.5. The Hall–Kier alpha value is -2.95. The summed E-state index contributed by atoms with van der Waals surface area (Å²) in [7, 11) is -4.23. The van der Waals surface area contributed by atoms with E-state index in [1.165, 1.54) is 23.5 Å². The smallest absolute Gasteiger partial charge is 0.252 e. The van der Waals surface area contributed by atoms with E-state index in [1.807, 2.05) is 0 Å². The molecule has 1 aliphatic rings. The molecule has 2 amide bonds. The van der Waals surface area contributed by atoms with Crippen molar-refractivity contribution in [1.82, 2.24) is 4.31 Å². The predicted octanol–water partition coefficient (Wildman–Crippen LogP) is 3.55. The minimum absolute atomic E-state index is 0.127. The van der Waals surface area contributed by atoms with Gasteiger partial charge in [-0.2, -0.15) is 4.31 Å². The largest absolute Gasteiger partial charge is 0.274 e. The molecule has 1 atom stereocenters. The molecule has 0 aliphatic carbocycles. The SMILES string of the molecule is O=C1CC(N(Cc2cccs2)S(=O)(=O)c2ccc(F)cc2)C(=O)N1c1ccc(F)cc1. The molecule has 1 aromatic heterocycles. The van der Waals surface area contributed by atoms with Crippen molar-refractivity contribution in [2.75, 3.05) is 4.90 Å². The maximum Gasteiger partial charge on any atom is 0.252 e. The van der Waals surface area contributed by atoms with E-state index >= 15 is 0 Å². The highest BCUT2D eigenvalue weighted by Crippen LogP contribution is 2.31. The average Bonchev–Trinajstić information content (AvgIpc) is 3.35. The third kappa shape index (κ3) is 4.14. The highest BCUT2D eigenvalue weighted by Gasteiger charge is 2.47. The zero-order valence-electron chi connectivity index (χ0n) is 15.9. The molecule has 0 bridgehead atoms. The molecule has 2 heterocycles. The quantitative estimate of drug-likeness (QED) is 0.525. The van der Waals surface area contributed by atoms with Crippen LogP contribution < -0.4 is 4.90 Å². The first kappa shape index (κ1) is 21.3. The molecule has 1 unspecified atom stereocenters. The number of rotatable bonds is 6. The molecule has 1 aliphatic heterocycles. The molecular weight excluding hydrogens is 446 g/mol. The molecule has 0 radical (unpaired) electrons. The van der Waals surface area contributed by atoms with E-state index in [-0.39, 0.29) is 23.5 Å². The predicted molar refractivity (Wildman–Crippen MR) is 111 cm³/mol. The van der Waals surface area contributed by atoms with Crippen molar-refractivity contribution in [2.45, 2.75) is 23.9 Å². The number of carbonyl (C=O) groups is 2. The van der Waals surface area contributed by atoms with Gasteiger partial charge in [0.05, 0.1) is 17.0 Å². The van der Waals surface area contributed by atoms with Crippen molar-refractivity contribution in [2.24, 2.45) is 0 Å². The Balaban J connectivity index is 1.73. The van der Waals surface area contributed by atoms with Crippen LogP contribution in [0.3, 0.4) is 0 Å². The van der Waals surface area contributed by atoms with Crippen molar-refractivity contribution in [3.63, 3.8) is 0 Å². The van der Waals surface area contributed by atoms with Crippen LogP contribution in [-0.4, -0.2) is 30.6 Å². The van der Waals surface area contributed by atoms with Crippen molar-refractivity contribution < 1.29 is 26.8 Å². The van der Waals surface area contributed by atoms with Crippen LogP contribution in [0.1, 0.15) is 11.3 Å². The first-order chi connectivity index (χ1) is 14.8. The van der Waals surface area contributed by atoms with Gasteiger partial charge >= 0.3 is 0 Å². The number of benzene rings is 2. The number of halogens is 2. The zero-order valence-corrected chi connectivity index (χ0v) is 17.6. The second kappa shape index (κ2) is 8.29. The number of imide groups is 1. The van der Waals surface area contributed by atoms with Crippen molar-refractivity contribution in [1.29, 1.82) is 0 Å². The number of carbonyl (C=O) groups excluding carboxylic acids is 2. The van der Waals surface area contributed by atoms with Crippen LogP contribution in [0.4, 0.5) is 14.5 Å². The summed E-state index contributed by atoms with van der Waals surface area (Å²) in [6.07, 6.45) is -0.359. The topological polar surface area (TPSA) is 74.8 Å². The molecule has 0 N–H and O–H groups in total. The lowest BCUT2D eigenvalue weighted by atomic mass is 10.2. The second-order valence-corrected chi connectivity index (χ2v) is 9.77. The number of hydrogen-bond donors (Lipinski definition) is 0. The van der Waals surface area contributed by atoms with Crippen LogP contribution in [0.2, 0.25) is 0 Å². The molecule has 10 heteroatoms. The van der Waals surface area contributed by atoms with E-state index in [2.05, 4.69) is 0 Å². The maximum atomic E-state index is 13.4. The molecule has 0 saturated carbocycles. The number of amides is 2. The van der Waals surface area contributed by atoms with Gasteiger partial charge in [0.1, 0.15) is 17.7 Å². The van der Waals surface area contributed by atoms with Gasteiger partial charge in [-0.15, -0.1) is 11.3 Å². The lowest BCUT2D eigenvalue weighted by Crippen LogP contribution is -2.44. The fourth-order valence-electron chi connectivity index (χ4n) is 3.36. The number of sulfonamides is 1. The minimum atomic E-state index is -4.23. The molecular formula is C21H16F2N2O4S2. The summed E-state index contributed by atoms with van der Waals surface area (Å²) < 4.78 is 54.3. The molecule has 2 aromatic carbocycles.